The van der Waals surface area contributed by atoms with Gasteiger partial charge in [-0.1, -0.05) is 0 Å². The molecule has 0 heterocycles. The van der Waals surface area contributed by atoms with Crippen LogP contribution >= 0.6 is 23.5 Å². The van der Waals surface area contributed by atoms with Crippen molar-refractivity contribution in [3.63, 3.8) is 0 Å². The number of benzene rings is 1. The number of halogens is 3. The number of ether oxygens (including phenoxy) is 1. The molecule has 0 spiro atoms. The van der Waals surface area contributed by atoms with Gasteiger partial charge in [-0.3, -0.25) is 4.79 Å². The Morgan fingerprint density at radius 1 is 1.05 bits per heavy atom. The van der Waals surface area contributed by atoms with Gasteiger partial charge in [0.25, 0.3) is 0 Å². The van der Waals surface area contributed by atoms with E-state index in [1.165, 1.54) is 0 Å². The molecule has 0 aliphatic rings. The van der Waals surface area contributed by atoms with Gasteiger partial charge in [-0.05, 0) is 25.5 Å². The molecule has 0 saturated heterocycles. The Morgan fingerprint density at radius 3 is 2.09 bits per heavy atom. The topological polar surface area (TPSA) is 43.4 Å². The second-order valence-corrected chi connectivity index (χ2v) is 5.76. The summed E-state index contributed by atoms with van der Waals surface area (Å²) in [6, 6.07) is 0.702. The molecule has 0 aromatic heterocycles. The first-order valence-electron chi connectivity index (χ1n) is 6.05. The van der Waals surface area contributed by atoms with Crippen LogP contribution in [0.4, 0.5) is 13.2 Å². The van der Waals surface area contributed by atoms with E-state index in [1.807, 2.05) is 0 Å². The van der Waals surface area contributed by atoms with Gasteiger partial charge in [0, 0.05) is 6.07 Å². The highest BCUT2D eigenvalue weighted by molar-refractivity contribution is 8.21. The van der Waals surface area contributed by atoms with Gasteiger partial charge in [-0.25, -0.2) is 18.0 Å². The van der Waals surface area contributed by atoms with E-state index in [9.17, 15) is 22.8 Å². The van der Waals surface area contributed by atoms with Gasteiger partial charge in [0.2, 0.25) is 5.78 Å². The molecule has 1 rings (SSSR count). The van der Waals surface area contributed by atoms with E-state index in [2.05, 4.69) is 0 Å². The van der Waals surface area contributed by atoms with E-state index < -0.39 is 40.3 Å². The van der Waals surface area contributed by atoms with Crippen molar-refractivity contribution in [2.75, 3.05) is 19.1 Å². The van der Waals surface area contributed by atoms with Crippen molar-refractivity contribution in [1.82, 2.24) is 0 Å². The van der Waals surface area contributed by atoms with E-state index in [0.717, 1.165) is 23.5 Å². The first kappa shape index (κ1) is 18.6. The summed E-state index contributed by atoms with van der Waals surface area (Å²) in [5, 5.41) is 0. The van der Waals surface area contributed by atoms with Crippen LogP contribution in [0.3, 0.4) is 0 Å². The maximum absolute atomic E-state index is 13.7. The number of hydrogen-bond donors (Lipinski definition) is 0. The van der Waals surface area contributed by atoms with Gasteiger partial charge in [-0.15, -0.1) is 23.5 Å². The van der Waals surface area contributed by atoms with Gasteiger partial charge in [-0.2, -0.15) is 0 Å². The molecule has 1 aromatic rings. The molecule has 1 aromatic carbocycles. The first-order valence-corrected chi connectivity index (χ1v) is 8.50. The smallest absolute Gasteiger partial charge is 0.343 e. The highest BCUT2D eigenvalue weighted by Crippen LogP contribution is 2.31. The average molecular weight is 350 g/mol. The number of carbonyl (C=O) groups is 2. The Kier molecular flexibility index (Phi) is 7.02. The fraction of sp³-hybridized carbons (Fsp3) is 0.286. The summed E-state index contributed by atoms with van der Waals surface area (Å²) in [4.78, 5) is 24.4. The molecule has 0 aliphatic carbocycles. The third kappa shape index (κ3) is 4.07. The lowest BCUT2D eigenvalue weighted by Crippen LogP contribution is -2.19. The predicted molar refractivity (Wildman–Crippen MR) is 81.3 cm³/mol. The summed E-state index contributed by atoms with van der Waals surface area (Å²) in [5.74, 6) is -6.01. The van der Waals surface area contributed by atoms with Gasteiger partial charge in [0.1, 0.15) is 11.4 Å². The van der Waals surface area contributed by atoms with Crippen LogP contribution in [0, 0.1) is 17.5 Å². The normalized spacial score (nSPS) is 10.3. The molecule has 0 atom stereocenters. The Labute approximate surface area is 134 Å². The molecule has 0 amide bonds. The Hall–Kier alpha value is -1.41. The van der Waals surface area contributed by atoms with Crippen LogP contribution in [0.15, 0.2) is 21.9 Å². The standard InChI is InChI=1S/C14H13F3O3S2/c1-4-20-13(19)11(14(21-2)22-3)12(18)7-5-9(16)10(17)6-8(7)15/h5-6H,4H2,1-3H3. The molecule has 0 aliphatic heterocycles. The van der Waals surface area contributed by atoms with Crippen LogP contribution in [-0.4, -0.2) is 30.9 Å². The molecule has 3 nitrogen and oxygen atoms in total. The van der Waals surface area contributed by atoms with E-state index in [1.54, 1.807) is 19.4 Å². The predicted octanol–water partition coefficient (Wildman–Crippen LogP) is 3.79. The molecule has 0 fully saturated rings. The summed E-state index contributed by atoms with van der Waals surface area (Å²) in [6.07, 6.45) is 3.25. The molecule has 0 unspecified atom stereocenters. The fourth-order valence-corrected chi connectivity index (χ4v) is 3.02. The van der Waals surface area contributed by atoms with Crippen molar-refractivity contribution in [3.8, 4) is 0 Å². The third-order valence-corrected chi connectivity index (χ3v) is 4.69. The van der Waals surface area contributed by atoms with Crippen LogP contribution in [0.25, 0.3) is 0 Å². The Bertz CT molecular complexity index is 624. The lowest BCUT2D eigenvalue weighted by Gasteiger charge is -2.11. The number of ketones is 1. The van der Waals surface area contributed by atoms with Crippen molar-refractivity contribution in [3.05, 3.63) is 45.0 Å². The average Bonchev–Trinajstić information content (AvgIpc) is 2.47. The molecule has 0 saturated carbocycles. The van der Waals surface area contributed by atoms with E-state index in [4.69, 9.17) is 4.74 Å². The number of hydrogen-bond acceptors (Lipinski definition) is 5. The molecule has 22 heavy (non-hydrogen) atoms. The molecular weight excluding hydrogens is 337 g/mol. The van der Waals surface area contributed by atoms with E-state index >= 15 is 0 Å². The second-order valence-electron chi connectivity index (χ2n) is 3.87. The van der Waals surface area contributed by atoms with E-state index in [-0.39, 0.29) is 12.7 Å². The largest absolute Gasteiger partial charge is 0.462 e. The van der Waals surface area contributed by atoms with Crippen molar-refractivity contribution < 1.29 is 27.5 Å². The minimum absolute atomic E-state index is 0.0198. The molecule has 120 valence electrons. The SMILES string of the molecule is CCOC(=O)C(C(=O)c1cc(F)c(F)cc1F)=C(SC)SC. The fourth-order valence-electron chi connectivity index (χ4n) is 1.59. The highest BCUT2D eigenvalue weighted by Gasteiger charge is 2.28. The number of esters is 1. The second kappa shape index (κ2) is 8.28. The summed E-state index contributed by atoms with van der Waals surface area (Å²) >= 11 is 2.20. The minimum atomic E-state index is -1.41. The quantitative estimate of drug-likeness (QED) is 0.195. The minimum Gasteiger partial charge on any atom is -0.462 e. The Morgan fingerprint density at radius 2 is 1.59 bits per heavy atom. The van der Waals surface area contributed by atoms with Crippen molar-refractivity contribution in [2.24, 2.45) is 0 Å². The summed E-state index contributed by atoms with van der Waals surface area (Å²) in [7, 11) is 0. The van der Waals surface area contributed by atoms with Gasteiger partial charge in [0.15, 0.2) is 11.6 Å². The van der Waals surface area contributed by atoms with Crippen LogP contribution in [0.1, 0.15) is 17.3 Å². The van der Waals surface area contributed by atoms with Crippen molar-refractivity contribution in [2.45, 2.75) is 6.92 Å². The van der Waals surface area contributed by atoms with Crippen LogP contribution < -0.4 is 0 Å². The molecular formula is C14H13F3O3S2. The van der Waals surface area contributed by atoms with Gasteiger partial charge < -0.3 is 4.74 Å². The summed E-state index contributed by atoms with van der Waals surface area (Å²) < 4.78 is 45.1. The zero-order valence-electron chi connectivity index (χ0n) is 12.0. The monoisotopic (exact) mass is 350 g/mol. The zero-order chi connectivity index (χ0) is 16.9. The van der Waals surface area contributed by atoms with Gasteiger partial charge >= 0.3 is 5.97 Å². The summed E-state index contributed by atoms with van der Waals surface area (Å²) in [5.41, 5.74) is -1.12. The zero-order valence-corrected chi connectivity index (χ0v) is 13.7. The molecule has 0 N–H and O–H groups in total. The number of thioether (sulfide) groups is 2. The van der Waals surface area contributed by atoms with Gasteiger partial charge in [0.05, 0.1) is 16.4 Å². The van der Waals surface area contributed by atoms with Crippen LogP contribution in [0.5, 0.6) is 0 Å². The summed E-state index contributed by atoms with van der Waals surface area (Å²) in [6.45, 7) is 1.57. The third-order valence-electron chi connectivity index (χ3n) is 2.54. The number of carbonyl (C=O) groups excluding carboxylic acids is 2. The van der Waals surface area contributed by atoms with Crippen molar-refractivity contribution >= 4 is 35.3 Å². The van der Waals surface area contributed by atoms with Crippen molar-refractivity contribution in [1.29, 1.82) is 0 Å². The lowest BCUT2D eigenvalue weighted by atomic mass is 10.0. The number of rotatable bonds is 6. The molecule has 8 heteroatoms. The van der Waals surface area contributed by atoms with Crippen LogP contribution in [-0.2, 0) is 9.53 Å². The van der Waals surface area contributed by atoms with E-state index in [0.29, 0.717) is 10.3 Å². The maximum Gasteiger partial charge on any atom is 0.343 e. The highest BCUT2D eigenvalue weighted by atomic mass is 32.2. The Balaban J connectivity index is 3.44. The molecule has 0 radical (unpaired) electrons. The maximum atomic E-state index is 13.7. The number of Topliss-reactive ketones (excluding diaryl/α,β-unsaturated/α-hetero) is 1. The first-order chi connectivity index (χ1) is 10.4. The molecule has 0 bridgehead atoms. The van der Waals surface area contributed by atoms with Crippen LogP contribution in [0.2, 0.25) is 0 Å². The lowest BCUT2D eigenvalue weighted by molar-refractivity contribution is -0.138.